The second kappa shape index (κ2) is 5.48. The van der Waals surface area contributed by atoms with Gasteiger partial charge in [-0.3, -0.25) is 0 Å². The molecule has 0 N–H and O–H groups in total. The highest BCUT2D eigenvalue weighted by Gasteiger charge is 2.13. The maximum Gasteiger partial charge on any atom is 0.0429 e. The highest BCUT2D eigenvalue weighted by Crippen LogP contribution is 2.31. The summed E-state index contributed by atoms with van der Waals surface area (Å²) in [6.07, 6.45) is 1.00. The molecule has 19 heavy (non-hydrogen) atoms. The summed E-state index contributed by atoms with van der Waals surface area (Å²) in [5.74, 6) is 0. The molecule has 0 fully saturated rings. The van der Waals surface area contributed by atoms with E-state index in [0.717, 1.165) is 6.42 Å². The zero-order chi connectivity index (χ0) is 14.0. The van der Waals surface area contributed by atoms with Crippen LogP contribution in [-0.4, -0.2) is 14.1 Å². The van der Waals surface area contributed by atoms with Crippen molar-refractivity contribution < 1.29 is 0 Å². The van der Waals surface area contributed by atoms with E-state index in [2.05, 4.69) is 76.2 Å². The molecule has 0 aromatic heterocycles. The van der Waals surface area contributed by atoms with Gasteiger partial charge >= 0.3 is 0 Å². The summed E-state index contributed by atoms with van der Waals surface area (Å²) in [4.78, 5) is 2.24. The van der Waals surface area contributed by atoms with Crippen LogP contribution in [0.1, 0.15) is 27.8 Å². The van der Waals surface area contributed by atoms with Crippen molar-refractivity contribution >= 4 is 5.69 Å². The monoisotopic (exact) mass is 253 g/mol. The van der Waals surface area contributed by atoms with Gasteiger partial charge < -0.3 is 4.90 Å². The van der Waals surface area contributed by atoms with Gasteiger partial charge in [-0.05, 0) is 55.0 Å². The van der Waals surface area contributed by atoms with Gasteiger partial charge in [-0.25, -0.2) is 0 Å². The first-order valence-corrected chi connectivity index (χ1v) is 6.81. The molecule has 0 aliphatic heterocycles. The van der Waals surface area contributed by atoms with E-state index in [1.54, 1.807) is 0 Å². The second-order valence-electron chi connectivity index (χ2n) is 5.52. The molecule has 0 saturated carbocycles. The lowest BCUT2D eigenvalue weighted by Crippen LogP contribution is -2.15. The lowest BCUT2D eigenvalue weighted by Gasteiger charge is -2.23. The molecule has 0 bridgehead atoms. The Bertz CT molecular complexity index is 568. The van der Waals surface area contributed by atoms with Crippen LogP contribution in [0.4, 0.5) is 5.69 Å². The Kier molecular flexibility index (Phi) is 3.94. The maximum atomic E-state index is 2.29. The van der Waals surface area contributed by atoms with E-state index in [0.29, 0.717) is 0 Å². The third-order valence-corrected chi connectivity index (χ3v) is 3.81. The van der Waals surface area contributed by atoms with Crippen molar-refractivity contribution in [2.24, 2.45) is 0 Å². The molecule has 0 radical (unpaired) electrons. The molecule has 1 heteroatoms. The molecule has 0 spiro atoms. The molecule has 0 unspecified atom stereocenters. The molecule has 0 aliphatic rings. The standard InChI is InChI=1S/C18H23N/c1-13-11-14(2)18(19(4)5)17(15(13)3)12-16-9-7-6-8-10-16/h6-11H,12H2,1-5H3. The first-order chi connectivity index (χ1) is 9.00. The Morgan fingerprint density at radius 1 is 0.895 bits per heavy atom. The van der Waals surface area contributed by atoms with E-state index >= 15 is 0 Å². The number of aryl methyl sites for hydroxylation is 2. The largest absolute Gasteiger partial charge is 0.377 e. The normalized spacial score (nSPS) is 10.6. The Morgan fingerprint density at radius 2 is 1.53 bits per heavy atom. The van der Waals surface area contributed by atoms with Crippen molar-refractivity contribution in [3.05, 3.63) is 64.2 Å². The molecule has 0 atom stereocenters. The fourth-order valence-electron chi connectivity index (χ4n) is 2.79. The summed E-state index contributed by atoms with van der Waals surface area (Å²) in [5.41, 5.74) is 8.35. The van der Waals surface area contributed by atoms with Gasteiger partial charge in [0.05, 0.1) is 0 Å². The van der Waals surface area contributed by atoms with Gasteiger partial charge in [0.1, 0.15) is 0 Å². The zero-order valence-electron chi connectivity index (χ0n) is 12.6. The number of rotatable bonds is 3. The van der Waals surface area contributed by atoms with E-state index < -0.39 is 0 Å². The van der Waals surface area contributed by atoms with Crippen LogP contribution in [0.3, 0.4) is 0 Å². The van der Waals surface area contributed by atoms with Gasteiger partial charge in [0.15, 0.2) is 0 Å². The minimum atomic E-state index is 1.00. The Labute approximate surface area is 116 Å². The summed E-state index contributed by atoms with van der Waals surface area (Å²) in [6, 6.07) is 13.0. The van der Waals surface area contributed by atoms with Gasteiger partial charge in [0.2, 0.25) is 0 Å². The fraction of sp³-hybridized carbons (Fsp3) is 0.333. The van der Waals surface area contributed by atoms with Crippen molar-refractivity contribution in [2.45, 2.75) is 27.2 Å². The maximum absolute atomic E-state index is 2.29. The van der Waals surface area contributed by atoms with E-state index in [1.807, 2.05) is 0 Å². The molecule has 0 amide bonds. The average Bonchev–Trinajstić information content (AvgIpc) is 2.36. The summed E-state index contributed by atoms with van der Waals surface area (Å²) >= 11 is 0. The van der Waals surface area contributed by atoms with Crippen LogP contribution in [0.5, 0.6) is 0 Å². The molecule has 2 rings (SSSR count). The smallest absolute Gasteiger partial charge is 0.0429 e. The lowest BCUT2D eigenvalue weighted by atomic mass is 9.92. The minimum Gasteiger partial charge on any atom is -0.377 e. The molecule has 2 aromatic carbocycles. The number of anilines is 1. The van der Waals surface area contributed by atoms with Gasteiger partial charge in [0.25, 0.3) is 0 Å². The number of hydrogen-bond donors (Lipinski definition) is 0. The molecule has 100 valence electrons. The molecule has 1 nitrogen and oxygen atoms in total. The number of benzene rings is 2. The molecule has 0 saturated heterocycles. The third-order valence-electron chi connectivity index (χ3n) is 3.81. The summed E-state index contributed by atoms with van der Waals surface area (Å²) in [6.45, 7) is 6.65. The van der Waals surface area contributed by atoms with Gasteiger partial charge in [-0.2, -0.15) is 0 Å². The first kappa shape index (κ1) is 13.7. The Hall–Kier alpha value is -1.76. The van der Waals surface area contributed by atoms with Crippen molar-refractivity contribution in [3.8, 4) is 0 Å². The molecule has 0 heterocycles. The van der Waals surface area contributed by atoms with Crippen molar-refractivity contribution in [3.63, 3.8) is 0 Å². The van der Waals surface area contributed by atoms with E-state index in [4.69, 9.17) is 0 Å². The van der Waals surface area contributed by atoms with Crippen LogP contribution in [0.2, 0.25) is 0 Å². The van der Waals surface area contributed by atoms with E-state index in [1.165, 1.54) is 33.5 Å². The fourth-order valence-corrected chi connectivity index (χ4v) is 2.79. The highest BCUT2D eigenvalue weighted by molar-refractivity contribution is 5.64. The third kappa shape index (κ3) is 2.81. The number of hydrogen-bond acceptors (Lipinski definition) is 1. The molecular formula is C18H23N. The summed E-state index contributed by atoms with van der Waals surface area (Å²) < 4.78 is 0. The van der Waals surface area contributed by atoms with E-state index in [-0.39, 0.29) is 0 Å². The van der Waals surface area contributed by atoms with Crippen LogP contribution < -0.4 is 4.90 Å². The summed E-state index contributed by atoms with van der Waals surface area (Å²) in [7, 11) is 4.26. The van der Waals surface area contributed by atoms with Crippen molar-refractivity contribution in [2.75, 3.05) is 19.0 Å². The number of nitrogens with zero attached hydrogens (tertiary/aromatic N) is 1. The van der Waals surface area contributed by atoms with Crippen LogP contribution >= 0.6 is 0 Å². The van der Waals surface area contributed by atoms with Gasteiger partial charge in [-0.1, -0.05) is 36.4 Å². The lowest BCUT2D eigenvalue weighted by molar-refractivity contribution is 1.04. The predicted molar refractivity (Wildman–Crippen MR) is 84.2 cm³/mol. The summed E-state index contributed by atoms with van der Waals surface area (Å²) in [5, 5.41) is 0. The second-order valence-corrected chi connectivity index (χ2v) is 5.52. The Morgan fingerprint density at radius 3 is 2.11 bits per heavy atom. The van der Waals surface area contributed by atoms with Gasteiger partial charge in [0, 0.05) is 19.8 Å². The van der Waals surface area contributed by atoms with Crippen LogP contribution in [0, 0.1) is 20.8 Å². The van der Waals surface area contributed by atoms with E-state index in [9.17, 15) is 0 Å². The van der Waals surface area contributed by atoms with Crippen LogP contribution in [0.25, 0.3) is 0 Å². The Balaban J connectivity index is 2.54. The minimum absolute atomic E-state index is 1.00. The van der Waals surface area contributed by atoms with Crippen LogP contribution in [0.15, 0.2) is 36.4 Å². The highest BCUT2D eigenvalue weighted by atomic mass is 15.1. The topological polar surface area (TPSA) is 3.24 Å². The predicted octanol–water partition coefficient (Wildman–Crippen LogP) is 4.27. The average molecular weight is 253 g/mol. The van der Waals surface area contributed by atoms with Gasteiger partial charge in [-0.15, -0.1) is 0 Å². The molecular weight excluding hydrogens is 230 g/mol. The molecule has 2 aromatic rings. The SMILES string of the molecule is Cc1cc(C)c(N(C)C)c(Cc2ccccc2)c1C. The van der Waals surface area contributed by atoms with Crippen molar-refractivity contribution in [1.29, 1.82) is 0 Å². The first-order valence-electron chi connectivity index (χ1n) is 6.81. The van der Waals surface area contributed by atoms with Crippen molar-refractivity contribution in [1.82, 2.24) is 0 Å². The molecule has 0 aliphatic carbocycles. The van der Waals surface area contributed by atoms with Crippen LogP contribution in [-0.2, 0) is 6.42 Å². The zero-order valence-corrected chi connectivity index (χ0v) is 12.6. The quantitative estimate of drug-likeness (QED) is 0.789.